The first kappa shape index (κ1) is 16.9. The van der Waals surface area contributed by atoms with E-state index in [0.717, 1.165) is 11.4 Å². The van der Waals surface area contributed by atoms with E-state index in [2.05, 4.69) is 0 Å². The summed E-state index contributed by atoms with van der Waals surface area (Å²) in [6.07, 6.45) is -0.982. The molecule has 1 aromatic heterocycles. The van der Waals surface area contributed by atoms with E-state index in [-0.39, 0.29) is 0 Å². The molecule has 0 unspecified atom stereocenters. The fourth-order valence-electron chi connectivity index (χ4n) is 2.82. The zero-order valence-electron chi connectivity index (χ0n) is 14.4. The first-order valence-corrected chi connectivity index (χ1v) is 7.97. The molecule has 2 N–H and O–H groups in total. The van der Waals surface area contributed by atoms with Gasteiger partial charge in [0.1, 0.15) is 13.2 Å². The van der Waals surface area contributed by atoms with Crippen molar-refractivity contribution in [1.29, 1.82) is 0 Å². The average Bonchev–Trinajstić information content (AvgIpc) is 2.89. The number of ether oxygens (including phenoxy) is 3. The number of primary amides is 1. The molecule has 2 heterocycles. The topological polar surface area (TPSA) is 92.8 Å². The van der Waals surface area contributed by atoms with Gasteiger partial charge in [-0.15, -0.1) is 0 Å². The first-order valence-electron chi connectivity index (χ1n) is 7.97. The first-order chi connectivity index (χ1) is 11.9. The number of aromatic nitrogens is 1. The molecule has 1 atom stereocenters. The third-order valence-corrected chi connectivity index (χ3v) is 4.12. The normalized spacial score (nSPS) is 14.0. The third kappa shape index (κ3) is 3.17. The van der Waals surface area contributed by atoms with Crippen molar-refractivity contribution in [3.8, 4) is 17.2 Å². The van der Waals surface area contributed by atoms with Gasteiger partial charge >= 0.3 is 5.97 Å². The van der Waals surface area contributed by atoms with Crippen molar-refractivity contribution >= 4 is 11.9 Å². The molecule has 132 valence electrons. The van der Waals surface area contributed by atoms with Gasteiger partial charge in [-0.3, -0.25) is 4.79 Å². The van der Waals surface area contributed by atoms with Crippen LogP contribution in [0.1, 0.15) is 28.7 Å². The Hall–Kier alpha value is -2.96. The Balaban J connectivity index is 1.95. The second-order valence-corrected chi connectivity index (χ2v) is 5.90. The SMILES string of the molecule is Cc1cc(C(=O)O[C@H](C)C(N)=O)c(C)n1-c1ccc2c(c1)OCCO2. The molecular formula is C18H20N2O5. The number of carbonyl (C=O) groups excluding carboxylic acids is 2. The molecule has 0 bridgehead atoms. The molecule has 1 aliphatic heterocycles. The molecule has 25 heavy (non-hydrogen) atoms. The Bertz CT molecular complexity index is 840. The molecule has 1 aliphatic rings. The van der Waals surface area contributed by atoms with E-state index < -0.39 is 18.0 Å². The van der Waals surface area contributed by atoms with Crippen molar-refractivity contribution in [3.63, 3.8) is 0 Å². The summed E-state index contributed by atoms with van der Waals surface area (Å²) in [5.74, 6) is 0.104. The maximum atomic E-state index is 12.3. The van der Waals surface area contributed by atoms with E-state index in [1.807, 2.05) is 36.6 Å². The van der Waals surface area contributed by atoms with Crippen LogP contribution in [-0.2, 0) is 9.53 Å². The minimum Gasteiger partial charge on any atom is -0.486 e. The highest BCUT2D eigenvalue weighted by Gasteiger charge is 2.22. The minimum absolute atomic E-state index is 0.389. The lowest BCUT2D eigenvalue weighted by Crippen LogP contribution is -2.30. The Morgan fingerprint density at radius 1 is 1.16 bits per heavy atom. The second-order valence-electron chi connectivity index (χ2n) is 5.90. The van der Waals surface area contributed by atoms with Crippen molar-refractivity contribution in [1.82, 2.24) is 4.57 Å². The lowest BCUT2D eigenvalue weighted by molar-refractivity contribution is -0.125. The molecule has 0 fully saturated rings. The summed E-state index contributed by atoms with van der Waals surface area (Å²) in [4.78, 5) is 23.4. The molecule has 1 aromatic carbocycles. The number of fused-ring (bicyclic) bond motifs is 1. The molecular weight excluding hydrogens is 324 g/mol. The zero-order valence-corrected chi connectivity index (χ0v) is 14.4. The van der Waals surface area contributed by atoms with E-state index in [9.17, 15) is 9.59 Å². The van der Waals surface area contributed by atoms with Crippen LogP contribution < -0.4 is 15.2 Å². The van der Waals surface area contributed by atoms with Crippen LogP contribution in [0, 0.1) is 13.8 Å². The fraction of sp³-hybridized carbons (Fsp3) is 0.333. The van der Waals surface area contributed by atoms with Gasteiger partial charge in [0.2, 0.25) is 0 Å². The number of amides is 1. The number of hydrogen-bond acceptors (Lipinski definition) is 5. The van der Waals surface area contributed by atoms with Crippen LogP contribution in [0.3, 0.4) is 0 Å². The Morgan fingerprint density at radius 2 is 1.84 bits per heavy atom. The molecule has 0 aliphatic carbocycles. The van der Waals surface area contributed by atoms with Crippen LogP contribution >= 0.6 is 0 Å². The van der Waals surface area contributed by atoms with Crippen LogP contribution in [0.5, 0.6) is 11.5 Å². The lowest BCUT2D eigenvalue weighted by Gasteiger charge is -2.20. The summed E-state index contributed by atoms with van der Waals surface area (Å²) < 4.78 is 18.2. The number of hydrogen-bond donors (Lipinski definition) is 1. The predicted octanol–water partition coefficient (Wildman–Crippen LogP) is 1.90. The Morgan fingerprint density at radius 3 is 2.52 bits per heavy atom. The van der Waals surface area contributed by atoms with Gasteiger partial charge in [0.05, 0.1) is 5.56 Å². The van der Waals surface area contributed by atoms with Crippen LogP contribution in [-0.4, -0.2) is 35.8 Å². The van der Waals surface area contributed by atoms with E-state index >= 15 is 0 Å². The molecule has 0 saturated carbocycles. The predicted molar refractivity (Wildman–Crippen MR) is 90.3 cm³/mol. The van der Waals surface area contributed by atoms with Gasteiger partial charge < -0.3 is 24.5 Å². The third-order valence-electron chi connectivity index (χ3n) is 4.12. The quantitative estimate of drug-likeness (QED) is 0.855. The van der Waals surface area contributed by atoms with Crippen LogP contribution in [0.2, 0.25) is 0 Å². The molecule has 0 saturated heterocycles. The van der Waals surface area contributed by atoms with Gasteiger partial charge in [-0.05, 0) is 39.0 Å². The van der Waals surface area contributed by atoms with E-state index in [1.54, 1.807) is 6.07 Å². The van der Waals surface area contributed by atoms with Gasteiger partial charge in [0.25, 0.3) is 5.91 Å². The molecule has 2 aromatic rings. The highest BCUT2D eigenvalue weighted by atomic mass is 16.6. The summed E-state index contributed by atoms with van der Waals surface area (Å²) in [5.41, 5.74) is 7.94. The molecule has 0 radical (unpaired) electrons. The number of rotatable bonds is 4. The molecule has 3 rings (SSSR count). The number of esters is 1. The average molecular weight is 344 g/mol. The second kappa shape index (κ2) is 6.51. The van der Waals surface area contributed by atoms with Gasteiger partial charge in [0, 0.05) is 23.1 Å². The van der Waals surface area contributed by atoms with E-state index in [1.165, 1.54) is 6.92 Å². The smallest absolute Gasteiger partial charge is 0.340 e. The van der Waals surface area contributed by atoms with Crippen molar-refractivity contribution in [2.24, 2.45) is 5.73 Å². The maximum Gasteiger partial charge on any atom is 0.340 e. The van der Waals surface area contributed by atoms with Gasteiger partial charge in [-0.2, -0.15) is 0 Å². The highest BCUT2D eigenvalue weighted by molar-refractivity contribution is 5.93. The number of aryl methyl sites for hydroxylation is 1. The molecule has 7 nitrogen and oxygen atoms in total. The number of nitrogens with zero attached hydrogens (tertiary/aromatic N) is 1. The zero-order chi connectivity index (χ0) is 18.1. The molecule has 7 heteroatoms. The Labute approximate surface area is 145 Å². The summed E-state index contributed by atoms with van der Waals surface area (Å²) in [7, 11) is 0. The van der Waals surface area contributed by atoms with Crippen LogP contribution in [0.25, 0.3) is 5.69 Å². The van der Waals surface area contributed by atoms with Gasteiger partial charge in [0.15, 0.2) is 17.6 Å². The van der Waals surface area contributed by atoms with E-state index in [0.29, 0.717) is 36.0 Å². The minimum atomic E-state index is -0.982. The van der Waals surface area contributed by atoms with Crippen molar-refractivity contribution in [2.75, 3.05) is 13.2 Å². The molecule has 0 spiro atoms. The van der Waals surface area contributed by atoms with Crippen molar-refractivity contribution in [2.45, 2.75) is 26.9 Å². The maximum absolute atomic E-state index is 12.3. The van der Waals surface area contributed by atoms with Crippen LogP contribution in [0.15, 0.2) is 24.3 Å². The monoisotopic (exact) mass is 344 g/mol. The summed E-state index contributed by atoms with van der Waals surface area (Å²) >= 11 is 0. The summed E-state index contributed by atoms with van der Waals surface area (Å²) in [6, 6.07) is 7.34. The molecule has 1 amide bonds. The number of nitrogens with two attached hydrogens (primary N) is 1. The summed E-state index contributed by atoms with van der Waals surface area (Å²) in [6.45, 7) is 6.18. The number of carbonyl (C=O) groups is 2. The Kier molecular flexibility index (Phi) is 4.39. The largest absolute Gasteiger partial charge is 0.486 e. The van der Waals surface area contributed by atoms with Gasteiger partial charge in [-0.25, -0.2) is 4.79 Å². The van der Waals surface area contributed by atoms with Crippen LogP contribution in [0.4, 0.5) is 0 Å². The lowest BCUT2D eigenvalue weighted by atomic mass is 10.2. The van der Waals surface area contributed by atoms with Crippen molar-refractivity contribution in [3.05, 3.63) is 41.2 Å². The fourth-order valence-corrected chi connectivity index (χ4v) is 2.82. The van der Waals surface area contributed by atoms with Crippen molar-refractivity contribution < 1.29 is 23.8 Å². The highest BCUT2D eigenvalue weighted by Crippen LogP contribution is 2.33. The summed E-state index contributed by atoms with van der Waals surface area (Å²) in [5, 5.41) is 0. The standard InChI is InChI=1S/C18H20N2O5/c1-10-8-14(18(22)25-12(3)17(19)21)11(2)20(10)13-4-5-15-16(9-13)24-7-6-23-15/h4-5,8-9,12H,6-7H2,1-3H3,(H2,19,21)/t12-/m1/s1. The van der Waals surface area contributed by atoms with E-state index in [4.69, 9.17) is 19.9 Å². The number of benzene rings is 1. The van der Waals surface area contributed by atoms with Gasteiger partial charge in [-0.1, -0.05) is 0 Å².